The van der Waals surface area contributed by atoms with Crippen molar-refractivity contribution in [2.45, 2.75) is 44.4 Å². The zero-order valence-corrected chi connectivity index (χ0v) is 18.9. The average molecular weight is 447 g/mol. The molecule has 31 heavy (non-hydrogen) atoms. The van der Waals surface area contributed by atoms with Crippen LogP contribution < -0.4 is 10.1 Å². The van der Waals surface area contributed by atoms with Crippen molar-refractivity contribution in [2.24, 2.45) is 0 Å². The molecule has 7 heteroatoms. The van der Waals surface area contributed by atoms with Crippen LogP contribution in [0.4, 0.5) is 10.5 Å². The monoisotopic (exact) mass is 446 g/mol. The van der Waals surface area contributed by atoms with Gasteiger partial charge in [-0.25, -0.2) is 4.79 Å². The molecule has 1 amide bonds. The van der Waals surface area contributed by atoms with Crippen LogP contribution in [-0.2, 0) is 16.6 Å². The molecule has 0 aliphatic carbocycles. The molecular formula is C24H31ClN2O4. The average Bonchev–Trinajstić information content (AvgIpc) is 2.91. The topological polar surface area (TPSA) is 78.9 Å². The summed E-state index contributed by atoms with van der Waals surface area (Å²) in [4.78, 5) is 25.5. The van der Waals surface area contributed by atoms with Crippen LogP contribution in [-0.4, -0.2) is 42.2 Å². The molecule has 1 fully saturated rings. The van der Waals surface area contributed by atoms with Gasteiger partial charge in [0, 0.05) is 17.6 Å². The molecule has 0 radical (unpaired) electrons. The molecule has 2 aromatic carbocycles. The lowest BCUT2D eigenvalue weighted by Gasteiger charge is -2.35. The Morgan fingerprint density at radius 2 is 1.90 bits per heavy atom. The maximum Gasteiger partial charge on any atom is 0.417 e. The molecule has 2 N–H and O–H groups in total. The van der Waals surface area contributed by atoms with E-state index in [1.165, 1.54) is 18.4 Å². The van der Waals surface area contributed by atoms with Crippen LogP contribution in [0.15, 0.2) is 48.5 Å². The molecule has 0 aromatic heterocycles. The van der Waals surface area contributed by atoms with E-state index in [0.717, 1.165) is 25.9 Å². The zero-order valence-electron chi connectivity index (χ0n) is 18.1. The van der Waals surface area contributed by atoms with Crippen LogP contribution in [0.1, 0.15) is 43.7 Å². The molecule has 0 bridgehead atoms. The Bertz CT molecular complexity index is 887. The van der Waals surface area contributed by atoms with E-state index < -0.39 is 12.1 Å². The molecule has 1 heterocycles. The minimum absolute atomic E-state index is 0. The Balaban J connectivity index is 0.00000341. The van der Waals surface area contributed by atoms with Gasteiger partial charge < -0.3 is 14.7 Å². The van der Waals surface area contributed by atoms with Crippen molar-refractivity contribution >= 4 is 30.2 Å². The number of likely N-dealkylation sites (tertiary alicyclic amines) is 1. The summed E-state index contributed by atoms with van der Waals surface area (Å²) in [5.74, 6) is -0.369. The third kappa shape index (κ3) is 6.71. The number of carbonyl (C=O) groups excluding carboxylic acids is 1. The molecule has 3 rings (SSSR count). The van der Waals surface area contributed by atoms with Crippen molar-refractivity contribution in [1.29, 1.82) is 0 Å². The van der Waals surface area contributed by atoms with Gasteiger partial charge in [0.25, 0.3) is 0 Å². The van der Waals surface area contributed by atoms with E-state index in [1.807, 2.05) is 12.1 Å². The Morgan fingerprint density at radius 3 is 2.58 bits per heavy atom. The molecule has 1 unspecified atom stereocenters. The van der Waals surface area contributed by atoms with Gasteiger partial charge in [-0.15, -0.1) is 12.4 Å². The number of benzene rings is 2. The summed E-state index contributed by atoms with van der Waals surface area (Å²) in [6, 6.07) is 14.6. The fraction of sp³-hybridized carbons (Fsp3) is 0.417. The summed E-state index contributed by atoms with van der Waals surface area (Å²) >= 11 is 0. The summed E-state index contributed by atoms with van der Waals surface area (Å²) in [5.41, 5.74) is 2.51. The third-order valence-electron chi connectivity index (χ3n) is 5.91. The number of hydrogen-bond donors (Lipinski definition) is 2. The number of aliphatic carboxylic acids is 1. The first-order chi connectivity index (χ1) is 14.4. The smallest absolute Gasteiger partial charge is 0.417 e. The standard InChI is InChI=1S/C24H30N2O4.ClH/c1-3-24(13-4-5-14-26(2)17-24)19-7-6-8-21(16-19)30-23(29)25-20-11-9-18(10-12-20)15-22(27)28;/h6-12,16H,3-5,13-15,17H2,1-2H3,(H,25,29)(H,27,28);1H. The van der Waals surface area contributed by atoms with Crippen molar-refractivity contribution in [2.75, 3.05) is 25.5 Å². The quantitative estimate of drug-likeness (QED) is 0.644. The first-order valence-electron chi connectivity index (χ1n) is 10.5. The Morgan fingerprint density at radius 1 is 1.16 bits per heavy atom. The number of carboxylic acids is 1. The van der Waals surface area contributed by atoms with Crippen molar-refractivity contribution in [3.05, 3.63) is 59.7 Å². The molecule has 0 saturated carbocycles. The highest BCUT2D eigenvalue weighted by Crippen LogP contribution is 2.37. The lowest BCUT2D eigenvalue weighted by molar-refractivity contribution is -0.136. The normalized spacial score (nSPS) is 19.0. The third-order valence-corrected chi connectivity index (χ3v) is 5.91. The second-order valence-corrected chi connectivity index (χ2v) is 8.14. The van der Waals surface area contributed by atoms with E-state index in [1.54, 1.807) is 30.3 Å². The van der Waals surface area contributed by atoms with Gasteiger partial charge in [-0.3, -0.25) is 10.1 Å². The van der Waals surface area contributed by atoms with E-state index in [2.05, 4.69) is 30.3 Å². The Hall–Kier alpha value is -2.57. The van der Waals surface area contributed by atoms with Crippen molar-refractivity contribution in [3.8, 4) is 5.75 Å². The van der Waals surface area contributed by atoms with Crippen LogP contribution >= 0.6 is 12.4 Å². The minimum Gasteiger partial charge on any atom is -0.481 e. The molecule has 1 atom stereocenters. The van der Waals surface area contributed by atoms with Gasteiger partial charge in [-0.2, -0.15) is 0 Å². The summed E-state index contributed by atoms with van der Waals surface area (Å²) in [6.45, 7) is 4.35. The fourth-order valence-electron chi connectivity index (χ4n) is 4.27. The minimum atomic E-state index is -0.889. The van der Waals surface area contributed by atoms with E-state index in [9.17, 15) is 9.59 Å². The first-order valence-corrected chi connectivity index (χ1v) is 10.5. The molecule has 168 valence electrons. The summed E-state index contributed by atoms with van der Waals surface area (Å²) < 4.78 is 5.53. The second-order valence-electron chi connectivity index (χ2n) is 8.14. The summed E-state index contributed by atoms with van der Waals surface area (Å²) in [6.07, 6.45) is 3.96. The van der Waals surface area contributed by atoms with E-state index in [0.29, 0.717) is 17.0 Å². The van der Waals surface area contributed by atoms with Gasteiger partial charge >= 0.3 is 12.1 Å². The SMILES string of the molecule is CCC1(c2cccc(OC(=O)Nc3ccc(CC(=O)O)cc3)c2)CCCCN(C)C1.Cl. The number of ether oxygens (including phenoxy) is 1. The maximum absolute atomic E-state index is 12.4. The number of rotatable bonds is 6. The zero-order chi connectivity index (χ0) is 21.6. The highest BCUT2D eigenvalue weighted by molar-refractivity contribution is 5.86. The van der Waals surface area contributed by atoms with Crippen LogP contribution in [0.2, 0.25) is 0 Å². The number of halogens is 1. The van der Waals surface area contributed by atoms with Gasteiger partial charge in [0.2, 0.25) is 0 Å². The number of carbonyl (C=O) groups is 2. The largest absolute Gasteiger partial charge is 0.481 e. The van der Waals surface area contributed by atoms with Gasteiger partial charge in [0.1, 0.15) is 5.75 Å². The summed E-state index contributed by atoms with van der Waals surface area (Å²) in [7, 11) is 2.17. The lowest BCUT2D eigenvalue weighted by Crippen LogP contribution is -2.37. The number of likely N-dealkylation sites (N-methyl/N-ethyl adjacent to an activating group) is 1. The number of anilines is 1. The number of carboxylic acid groups (broad SMARTS) is 1. The van der Waals surface area contributed by atoms with Crippen LogP contribution in [0, 0.1) is 0 Å². The molecule has 1 aliphatic heterocycles. The molecule has 6 nitrogen and oxygen atoms in total. The Kier molecular flexibility index (Phi) is 8.89. The number of nitrogens with zero attached hydrogens (tertiary/aromatic N) is 1. The van der Waals surface area contributed by atoms with Gasteiger partial charge in [0.05, 0.1) is 6.42 Å². The fourth-order valence-corrected chi connectivity index (χ4v) is 4.27. The van der Waals surface area contributed by atoms with Crippen molar-refractivity contribution in [1.82, 2.24) is 4.90 Å². The van der Waals surface area contributed by atoms with Crippen LogP contribution in [0.25, 0.3) is 0 Å². The predicted octanol–water partition coefficient (Wildman–Crippen LogP) is 5.11. The number of hydrogen-bond acceptors (Lipinski definition) is 4. The highest BCUT2D eigenvalue weighted by Gasteiger charge is 2.33. The molecule has 1 aliphatic rings. The number of nitrogens with one attached hydrogen (secondary N) is 1. The van der Waals surface area contributed by atoms with Crippen LogP contribution in [0.5, 0.6) is 5.75 Å². The maximum atomic E-state index is 12.4. The van der Waals surface area contributed by atoms with Gasteiger partial charge in [-0.1, -0.05) is 37.6 Å². The van der Waals surface area contributed by atoms with E-state index >= 15 is 0 Å². The van der Waals surface area contributed by atoms with E-state index in [4.69, 9.17) is 9.84 Å². The molecule has 1 saturated heterocycles. The Labute approximate surface area is 190 Å². The second kappa shape index (κ2) is 11.2. The number of amides is 1. The molecule has 0 spiro atoms. The first kappa shape index (κ1) is 24.7. The van der Waals surface area contributed by atoms with Crippen LogP contribution in [0.3, 0.4) is 0 Å². The predicted molar refractivity (Wildman–Crippen MR) is 124 cm³/mol. The van der Waals surface area contributed by atoms with Gasteiger partial charge in [0.15, 0.2) is 0 Å². The highest BCUT2D eigenvalue weighted by atomic mass is 35.5. The van der Waals surface area contributed by atoms with Crippen molar-refractivity contribution < 1.29 is 19.4 Å². The molecule has 2 aromatic rings. The van der Waals surface area contributed by atoms with E-state index in [-0.39, 0.29) is 24.2 Å². The van der Waals surface area contributed by atoms with Crippen molar-refractivity contribution in [3.63, 3.8) is 0 Å². The molecular weight excluding hydrogens is 416 g/mol. The van der Waals surface area contributed by atoms with Gasteiger partial charge in [-0.05, 0) is 68.2 Å². The lowest BCUT2D eigenvalue weighted by atomic mass is 9.74. The summed E-state index contributed by atoms with van der Waals surface area (Å²) in [5, 5.41) is 11.5.